The van der Waals surface area contributed by atoms with E-state index in [1.54, 1.807) is 0 Å². The first-order valence-corrected chi connectivity index (χ1v) is 7.56. The summed E-state index contributed by atoms with van der Waals surface area (Å²) in [6.45, 7) is 9.52. The maximum Gasteiger partial charge on any atom is 0.0641 e. The molecule has 2 aromatic rings. The van der Waals surface area contributed by atoms with Crippen molar-refractivity contribution < 1.29 is 0 Å². The van der Waals surface area contributed by atoms with Gasteiger partial charge in [0.1, 0.15) is 0 Å². The fourth-order valence-electron chi connectivity index (χ4n) is 2.32. The van der Waals surface area contributed by atoms with E-state index in [-0.39, 0.29) is 0 Å². The van der Waals surface area contributed by atoms with Gasteiger partial charge in [0.15, 0.2) is 0 Å². The Morgan fingerprint density at radius 1 is 1.32 bits per heavy atom. The third kappa shape index (κ3) is 3.45. The summed E-state index contributed by atoms with van der Waals surface area (Å²) in [6, 6.07) is 4.91. The Balaban J connectivity index is 1.91. The van der Waals surface area contributed by atoms with Gasteiger partial charge in [-0.25, -0.2) is 0 Å². The minimum Gasteiger partial charge on any atom is -0.310 e. The zero-order valence-corrected chi connectivity index (χ0v) is 13.3. The van der Waals surface area contributed by atoms with Crippen LogP contribution in [0.5, 0.6) is 0 Å². The summed E-state index contributed by atoms with van der Waals surface area (Å²) in [4.78, 5) is 2.85. The van der Waals surface area contributed by atoms with Crippen LogP contribution in [0.2, 0.25) is 0 Å². The molecule has 0 aliphatic rings. The van der Waals surface area contributed by atoms with Gasteiger partial charge in [-0.05, 0) is 46.2 Å². The van der Waals surface area contributed by atoms with Crippen LogP contribution in [0.3, 0.4) is 0 Å². The van der Waals surface area contributed by atoms with Crippen LogP contribution in [-0.4, -0.2) is 15.8 Å². The van der Waals surface area contributed by atoms with Gasteiger partial charge in [-0.1, -0.05) is 0 Å². The molecule has 19 heavy (non-hydrogen) atoms. The normalized spacial score (nSPS) is 12.9. The molecule has 0 saturated heterocycles. The topological polar surface area (TPSA) is 29.9 Å². The predicted molar refractivity (Wildman–Crippen MR) is 81.7 cm³/mol. The van der Waals surface area contributed by atoms with E-state index in [1.807, 2.05) is 23.1 Å². The van der Waals surface area contributed by atoms with E-state index in [0.29, 0.717) is 6.04 Å². The van der Waals surface area contributed by atoms with Crippen LogP contribution in [0.25, 0.3) is 0 Å². The second-order valence-electron chi connectivity index (χ2n) is 5.27. The maximum atomic E-state index is 4.45. The van der Waals surface area contributed by atoms with Crippen LogP contribution in [0.4, 0.5) is 0 Å². The van der Waals surface area contributed by atoms with Crippen LogP contribution >= 0.6 is 11.3 Å². The second-order valence-corrected chi connectivity index (χ2v) is 6.64. The molecule has 1 N–H and O–H groups in total. The second kappa shape index (κ2) is 5.88. The van der Waals surface area contributed by atoms with Gasteiger partial charge in [0, 0.05) is 40.6 Å². The molecule has 0 aliphatic heterocycles. The highest BCUT2D eigenvalue weighted by Gasteiger charge is 2.11. The van der Waals surface area contributed by atoms with Crippen molar-refractivity contribution in [1.29, 1.82) is 0 Å². The minimum absolute atomic E-state index is 0.483. The molecule has 1 atom stereocenters. The number of thiophene rings is 1. The van der Waals surface area contributed by atoms with Gasteiger partial charge in [-0.15, -0.1) is 11.3 Å². The largest absolute Gasteiger partial charge is 0.310 e. The van der Waals surface area contributed by atoms with Crippen molar-refractivity contribution in [2.75, 3.05) is 0 Å². The summed E-state index contributed by atoms with van der Waals surface area (Å²) in [7, 11) is 2.00. The lowest BCUT2D eigenvalue weighted by molar-refractivity contribution is 0.546. The summed E-state index contributed by atoms with van der Waals surface area (Å²) in [6.07, 6.45) is 1.09. The molecular formula is C15H23N3S. The van der Waals surface area contributed by atoms with Gasteiger partial charge in [-0.2, -0.15) is 5.10 Å². The van der Waals surface area contributed by atoms with Crippen molar-refractivity contribution >= 4 is 11.3 Å². The van der Waals surface area contributed by atoms with Crippen molar-refractivity contribution in [3.63, 3.8) is 0 Å². The number of aromatic nitrogens is 2. The lowest BCUT2D eigenvalue weighted by Crippen LogP contribution is -2.27. The van der Waals surface area contributed by atoms with E-state index in [1.165, 1.54) is 21.0 Å². The number of nitrogens with zero attached hydrogens (tertiary/aromatic N) is 2. The molecule has 0 fully saturated rings. The third-order valence-corrected chi connectivity index (χ3v) is 4.61. The average molecular weight is 277 g/mol. The molecule has 0 radical (unpaired) electrons. The highest BCUT2D eigenvalue weighted by molar-refractivity contribution is 7.11. The van der Waals surface area contributed by atoms with Crippen molar-refractivity contribution in [2.45, 2.75) is 46.7 Å². The number of aryl methyl sites for hydroxylation is 3. The maximum absolute atomic E-state index is 4.45. The smallest absolute Gasteiger partial charge is 0.0641 e. The molecule has 1 unspecified atom stereocenters. The molecule has 3 nitrogen and oxygen atoms in total. The molecule has 0 aliphatic carbocycles. The first kappa shape index (κ1) is 14.3. The Morgan fingerprint density at radius 2 is 2.05 bits per heavy atom. The highest BCUT2D eigenvalue weighted by atomic mass is 32.1. The summed E-state index contributed by atoms with van der Waals surface area (Å²) >= 11 is 1.89. The Labute approximate surface area is 119 Å². The lowest BCUT2D eigenvalue weighted by Gasteiger charge is -2.13. The van der Waals surface area contributed by atoms with Crippen LogP contribution in [0.1, 0.15) is 33.6 Å². The van der Waals surface area contributed by atoms with Crippen molar-refractivity contribution in [2.24, 2.45) is 7.05 Å². The van der Waals surface area contributed by atoms with Gasteiger partial charge in [0.2, 0.25) is 0 Å². The highest BCUT2D eigenvalue weighted by Crippen LogP contribution is 2.17. The van der Waals surface area contributed by atoms with E-state index < -0.39 is 0 Å². The molecule has 0 aromatic carbocycles. The van der Waals surface area contributed by atoms with E-state index >= 15 is 0 Å². The fourth-order valence-corrected chi connectivity index (χ4v) is 3.34. The molecule has 0 amide bonds. The number of rotatable bonds is 5. The van der Waals surface area contributed by atoms with Crippen LogP contribution < -0.4 is 5.32 Å². The Kier molecular flexibility index (Phi) is 4.42. The van der Waals surface area contributed by atoms with E-state index in [4.69, 9.17) is 0 Å². The van der Waals surface area contributed by atoms with Gasteiger partial charge < -0.3 is 5.32 Å². The van der Waals surface area contributed by atoms with Crippen molar-refractivity contribution in [3.8, 4) is 0 Å². The monoisotopic (exact) mass is 277 g/mol. The number of hydrogen-bond donors (Lipinski definition) is 1. The number of hydrogen-bond acceptors (Lipinski definition) is 3. The van der Waals surface area contributed by atoms with Crippen LogP contribution in [-0.2, 0) is 20.0 Å². The summed E-state index contributed by atoms with van der Waals surface area (Å²) in [5.41, 5.74) is 3.72. The first-order valence-electron chi connectivity index (χ1n) is 6.75. The number of nitrogens with one attached hydrogen (secondary N) is 1. The zero-order valence-electron chi connectivity index (χ0n) is 12.4. The van der Waals surface area contributed by atoms with Gasteiger partial charge in [0.25, 0.3) is 0 Å². The molecule has 4 heteroatoms. The predicted octanol–water partition coefficient (Wildman–Crippen LogP) is 3.13. The Hall–Kier alpha value is -1.13. The molecule has 2 rings (SSSR count). The van der Waals surface area contributed by atoms with Crippen molar-refractivity contribution in [1.82, 2.24) is 15.1 Å². The first-order chi connectivity index (χ1) is 8.97. The molecule has 2 heterocycles. The molecule has 0 bridgehead atoms. The van der Waals surface area contributed by atoms with Gasteiger partial charge in [-0.3, -0.25) is 4.68 Å². The Morgan fingerprint density at radius 3 is 2.58 bits per heavy atom. The summed E-state index contributed by atoms with van der Waals surface area (Å²) < 4.78 is 1.96. The molecular weight excluding hydrogens is 254 g/mol. The SMILES string of the molecule is Cc1ccc(CC(C)NCc2c(C)nn(C)c2C)s1. The zero-order chi connectivity index (χ0) is 14.0. The fraction of sp³-hybridized carbons (Fsp3) is 0.533. The third-order valence-electron chi connectivity index (χ3n) is 3.59. The van der Waals surface area contributed by atoms with Crippen LogP contribution in [0, 0.1) is 20.8 Å². The van der Waals surface area contributed by atoms with E-state index in [0.717, 1.165) is 18.7 Å². The summed E-state index contributed by atoms with van der Waals surface area (Å²) in [5.74, 6) is 0. The standard InChI is InChI=1S/C15H23N3S/c1-10(8-14-7-6-11(2)19-14)16-9-15-12(3)17-18(5)13(15)4/h6-7,10,16H,8-9H2,1-5H3. The van der Waals surface area contributed by atoms with Gasteiger partial charge >= 0.3 is 0 Å². The van der Waals surface area contributed by atoms with Gasteiger partial charge in [0.05, 0.1) is 5.69 Å². The van der Waals surface area contributed by atoms with E-state index in [2.05, 4.69) is 50.2 Å². The quantitative estimate of drug-likeness (QED) is 0.910. The molecule has 2 aromatic heterocycles. The van der Waals surface area contributed by atoms with Crippen molar-refractivity contribution in [3.05, 3.63) is 38.8 Å². The molecule has 0 spiro atoms. The Bertz CT molecular complexity index is 554. The molecule has 104 valence electrons. The summed E-state index contributed by atoms with van der Waals surface area (Å²) in [5, 5.41) is 8.06. The molecule has 0 saturated carbocycles. The van der Waals surface area contributed by atoms with E-state index in [9.17, 15) is 0 Å². The lowest BCUT2D eigenvalue weighted by atomic mass is 10.1. The average Bonchev–Trinajstić information content (AvgIpc) is 2.83. The van der Waals surface area contributed by atoms with Crippen LogP contribution in [0.15, 0.2) is 12.1 Å². The minimum atomic E-state index is 0.483.